The van der Waals surface area contributed by atoms with E-state index in [1.54, 1.807) is 0 Å². The molecule has 4 nitrogen and oxygen atoms in total. The zero-order chi connectivity index (χ0) is 17.5. The molecular formula is C21H33N3O. The second-order valence-electron chi connectivity index (χ2n) is 7.77. The van der Waals surface area contributed by atoms with E-state index in [0.717, 1.165) is 31.9 Å². The van der Waals surface area contributed by atoms with E-state index in [9.17, 15) is 4.79 Å². The summed E-state index contributed by atoms with van der Waals surface area (Å²) in [6.45, 7) is 6.67. The van der Waals surface area contributed by atoms with Crippen LogP contribution in [0.1, 0.15) is 51.9 Å². The van der Waals surface area contributed by atoms with Crippen LogP contribution < -0.4 is 15.5 Å². The Labute approximate surface area is 152 Å². The van der Waals surface area contributed by atoms with Crippen molar-refractivity contribution in [3.8, 4) is 0 Å². The smallest absolute Gasteiger partial charge is 0.224 e. The van der Waals surface area contributed by atoms with Crippen LogP contribution in [0.2, 0.25) is 0 Å². The molecule has 0 radical (unpaired) electrons. The van der Waals surface area contributed by atoms with Crippen molar-refractivity contribution in [1.29, 1.82) is 0 Å². The van der Waals surface area contributed by atoms with Gasteiger partial charge >= 0.3 is 0 Å². The maximum absolute atomic E-state index is 12.5. The maximum Gasteiger partial charge on any atom is 0.224 e. The molecule has 1 amide bonds. The van der Waals surface area contributed by atoms with Gasteiger partial charge in [-0.1, -0.05) is 25.8 Å². The number of anilines is 2. The largest absolute Gasteiger partial charge is 0.371 e. The number of amides is 1. The highest BCUT2D eigenvalue weighted by Crippen LogP contribution is 2.26. The highest BCUT2D eigenvalue weighted by molar-refractivity contribution is 5.91. The molecule has 1 aromatic carbocycles. The number of benzene rings is 1. The zero-order valence-electron chi connectivity index (χ0n) is 15.6. The van der Waals surface area contributed by atoms with Crippen molar-refractivity contribution in [2.24, 2.45) is 11.8 Å². The van der Waals surface area contributed by atoms with Crippen molar-refractivity contribution in [3.63, 3.8) is 0 Å². The van der Waals surface area contributed by atoms with E-state index in [4.69, 9.17) is 0 Å². The van der Waals surface area contributed by atoms with Gasteiger partial charge in [-0.25, -0.2) is 0 Å². The molecule has 138 valence electrons. The van der Waals surface area contributed by atoms with Crippen LogP contribution in [0.5, 0.6) is 0 Å². The monoisotopic (exact) mass is 343 g/mol. The maximum atomic E-state index is 12.5. The normalized spacial score (nSPS) is 20.8. The Morgan fingerprint density at radius 1 is 1.20 bits per heavy atom. The van der Waals surface area contributed by atoms with Gasteiger partial charge in [0.15, 0.2) is 0 Å². The Hall–Kier alpha value is -1.55. The molecule has 1 aromatic rings. The minimum atomic E-state index is 0.152. The number of carbonyl (C=O) groups is 1. The summed E-state index contributed by atoms with van der Waals surface area (Å²) in [7, 11) is 0. The summed E-state index contributed by atoms with van der Waals surface area (Å²) in [5.74, 6) is 1.28. The average Bonchev–Trinajstić information content (AvgIpc) is 2.92. The second kappa shape index (κ2) is 9.23. The van der Waals surface area contributed by atoms with E-state index in [0.29, 0.717) is 18.3 Å². The predicted molar refractivity (Wildman–Crippen MR) is 105 cm³/mol. The van der Waals surface area contributed by atoms with Gasteiger partial charge in [-0.05, 0) is 68.8 Å². The molecule has 25 heavy (non-hydrogen) atoms. The summed E-state index contributed by atoms with van der Waals surface area (Å²) in [5.41, 5.74) is 2.18. The number of hydrogen-bond donors (Lipinski definition) is 2. The third-order valence-corrected chi connectivity index (χ3v) is 5.80. The van der Waals surface area contributed by atoms with E-state index in [1.807, 2.05) is 6.07 Å². The van der Waals surface area contributed by atoms with Crippen LogP contribution in [0.15, 0.2) is 24.3 Å². The first-order chi connectivity index (χ1) is 12.2. The van der Waals surface area contributed by atoms with Crippen LogP contribution >= 0.6 is 0 Å². The highest BCUT2D eigenvalue weighted by Gasteiger charge is 2.22. The summed E-state index contributed by atoms with van der Waals surface area (Å²) < 4.78 is 0. The molecule has 0 saturated carbocycles. The zero-order valence-corrected chi connectivity index (χ0v) is 15.6. The van der Waals surface area contributed by atoms with Crippen LogP contribution in [0.3, 0.4) is 0 Å². The van der Waals surface area contributed by atoms with Gasteiger partial charge in [-0.3, -0.25) is 4.79 Å². The molecule has 2 aliphatic heterocycles. The fourth-order valence-corrected chi connectivity index (χ4v) is 4.19. The topological polar surface area (TPSA) is 44.4 Å². The second-order valence-corrected chi connectivity index (χ2v) is 7.77. The first kappa shape index (κ1) is 18.2. The van der Waals surface area contributed by atoms with Crippen LogP contribution in [-0.2, 0) is 4.79 Å². The van der Waals surface area contributed by atoms with Crippen LogP contribution in [0.4, 0.5) is 11.4 Å². The molecule has 2 N–H and O–H groups in total. The van der Waals surface area contributed by atoms with Crippen LogP contribution in [-0.4, -0.2) is 32.1 Å². The summed E-state index contributed by atoms with van der Waals surface area (Å²) in [4.78, 5) is 14.9. The minimum Gasteiger partial charge on any atom is -0.371 e. The molecule has 0 aliphatic carbocycles. The fraction of sp³-hybridized carbons (Fsp3) is 0.667. The molecule has 0 bridgehead atoms. The Kier molecular flexibility index (Phi) is 6.74. The molecule has 2 aliphatic rings. The lowest BCUT2D eigenvalue weighted by Crippen LogP contribution is -2.32. The number of hydrogen-bond acceptors (Lipinski definition) is 3. The lowest BCUT2D eigenvalue weighted by Gasteiger charge is -2.28. The number of piperidine rings is 1. The first-order valence-corrected chi connectivity index (χ1v) is 10.1. The molecule has 1 unspecified atom stereocenters. The molecule has 0 spiro atoms. The van der Waals surface area contributed by atoms with Crippen LogP contribution in [0, 0.1) is 11.8 Å². The first-order valence-electron chi connectivity index (χ1n) is 10.1. The third kappa shape index (κ3) is 5.46. The van der Waals surface area contributed by atoms with E-state index in [1.165, 1.54) is 44.2 Å². The van der Waals surface area contributed by atoms with Gasteiger partial charge in [-0.2, -0.15) is 0 Å². The standard InChI is InChI=1S/C21H33N3O/c1-17(18-9-11-22-12-10-18)15-21(25)23-19-7-6-8-20(16-19)24-13-4-2-3-5-14-24/h6-8,16-18,22H,2-5,9-15H2,1H3,(H,23,25). The van der Waals surface area contributed by atoms with Crippen molar-refractivity contribution >= 4 is 17.3 Å². The predicted octanol–water partition coefficient (Wildman–Crippen LogP) is 4.03. The van der Waals surface area contributed by atoms with Crippen molar-refractivity contribution in [3.05, 3.63) is 24.3 Å². The van der Waals surface area contributed by atoms with Gasteiger partial charge in [0.1, 0.15) is 0 Å². The molecule has 3 rings (SSSR count). The Morgan fingerprint density at radius 2 is 1.92 bits per heavy atom. The Balaban J connectivity index is 1.54. The number of nitrogens with one attached hydrogen (secondary N) is 2. The lowest BCUT2D eigenvalue weighted by atomic mass is 9.84. The minimum absolute atomic E-state index is 0.152. The number of nitrogens with zero attached hydrogens (tertiary/aromatic N) is 1. The number of rotatable bonds is 5. The molecule has 0 aromatic heterocycles. The average molecular weight is 344 g/mol. The Bertz CT molecular complexity index is 546. The SMILES string of the molecule is CC(CC(=O)Nc1cccc(N2CCCCCC2)c1)C1CCNCC1. The number of carbonyl (C=O) groups excluding carboxylic acids is 1. The van der Waals surface area contributed by atoms with E-state index < -0.39 is 0 Å². The van der Waals surface area contributed by atoms with E-state index in [-0.39, 0.29) is 5.91 Å². The van der Waals surface area contributed by atoms with Gasteiger partial charge in [0.2, 0.25) is 5.91 Å². The van der Waals surface area contributed by atoms with Gasteiger partial charge in [-0.15, -0.1) is 0 Å². The van der Waals surface area contributed by atoms with Gasteiger partial charge < -0.3 is 15.5 Å². The molecule has 2 saturated heterocycles. The van der Waals surface area contributed by atoms with Crippen molar-refractivity contribution < 1.29 is 4.79 Å². The highest BCUT2D eigenvalue weighted by atomic mass is 16.1. The summed E-state index contributed by atoms with van der Waals surface area (Å²) in [5, 5.41) is 6.53. The van der Waals surface area contributed by atoms with Crippen molar-refractivity contribution in [2.75, 3.05) is 36.4 Å². The molecule has 2 heterocycles. The fourth-order valence-electron chi connectivity index (χ4n) is 4.19. The molecule has 4 heteroatoms. The quantitative estimate of drug-likeness (QED) is 0.848. The van der Waals surface area contributed by atoms with E-state index in [2.05, 4.69) is 40.7 Å². The van der Waals surface area contributed by atoms with Crippen molar-refractivity contribution in [2.45, 2.75) is 51.9 Å². The molecule has 1 atom stereocenters. The summed E-state index contributed by atoms with van der Waals surface area (Å²) in [6.07, 6.45) is 8.22. The summed E-state index contributed by atoms with van der Waals surface area (Å²) >= 11 is 0. The van der Waals surface area contributed by atoms with Gasteiger partial charge in [0, 0.05) is 30.9 Å². The molecular weight excluding hydrogens is 310 g/mol. The lowest BCUT2D eigenvalue weighted by molar-refractivity contribution is -0.117. The third-order valence-electron chi connectivity index (χ3n) is 5.80. The summed E-state index contributed by atoms with van der Waals surface area (Å²) in [6, 6.07) is 8.37. The van der Waals surface area contributed by atoms with E-state index >= 15 is 0 Å². The van der Waals surface area contributed by atoms with Gasteiger partial charge in [0.25, 0.3) is 0 Å². The Morgan fingerprint density at radius 3 is 2.64 bits per heavy atom. The van der Waals surface area contributed by atoms with Crippen molar-refractivity contribution in [1.82, 2.24) is 5.32 Å². The molecule has 2 fully saturated rings. The van der Waals surface area contributed by atoms with Crippen LogP contribution in [0.25, 0.3) is 0 Å². The van der Waals surface area contributed by atoms with Gasteiger partial charge in [0.05, 0.1) is 0 Å².